The zero-order valence-electron chi connectivity index (χ0n) is 9.20. The monoisotopic (exact) mass is 257 g/mol. The maximum absolute atomic E-state index is 13.7. The minimum absolute atomic E-state index is 0.00566. The van der Waals surface area contributed by atoms with Crippen molar-refractivity contribution in [3.8, 4) is 0 Å². The van der Waals surface area contributed by atoms with Crippen LogP contribution in [-0.4, -0.2) is 35.1 Å². The number of piperidine rings is 1. The van der Waals surface area contributed by atoms with Gasteiger partial charge >= 0.3 is 0 Å². The number of hydrogen-bond acceptors (Lipinski definition) is 2. The second-order valence-corrected chi connectivity index (χ2v) is 4.53. The molecule has 0 bridgehead atoms. The molecule has 0 unspecified atom stereocenters. The molecule has 5 heteroatoms. The van der Waals surface area contributed by atoms with E-state index in [0.717, 1.165) is 0 Å². The van der Waals surface area contributed by atoms with Crippen molar-refractivity contribution in [2.24, 2.45) is 0 Å². The topological polar surface area (TPSA) is 40.5 Å². The first kappa shape index (κ1) is 12.3. The third kappa shape index (κ3) is 2.58. The maximum Gasteiger partial charge on any atom is 0.256 e. The summed E-state index contributed by atoms with van der Waals surface area (Å²) in [7, 11) is 0. The van der Waals surface area contributed by atoms with Gasteiger partial charge in [0.25, 0.3) is 5.91 Å². The van der Waals surface area contributed by atoms with Crippen LogP contribution >= 0.6 is 11.6 Å². The van der Waals surface area contributed by atoms with Gasteiger partial charge in [0.05, 0.1) is 16.7 Å². The first-order valence-corrected chi connectivity index (χ1v) is 5.88. The van der Waals surface area contributed by atoms with Crippen molar-refractivity contribution < 1.29 is 14.3 Å². The molecule has 1 aromatic carbocycles. The molecule has 2 rings (SSSR count). The number of carbonyl (C=O) groups is 1. The molecule has 1 N–H and O–H groups in total. The number of amides is 1. The van der Waals surface area contributed by atoms with Crippen molar-refractivity contribution in [1.29, 1.82) is 0 Å². The summed E-state index contributed by atoms with van der Waals surface area (Å²) in [5.74, 6) is -1.04. The van der Waals surface area contributed by atoms with Crippen molar-refractivity contribution >= 4 is 17.5 Å². The van der Waals surface area contributed by atoms with E-state index >= 15 is 0 Å². The average molecular weight is 258 g/mol. The van der Waals surface area contributed by atoms with E-state index in [1.54, 1.807) is 11.0 Å². The second kappa shape index (κ2) is 5.02. The van der Waals surface area contributed by atoms with Crippen molar-refractivity contribution in [3.63, 3.8) is 0 Å². The van der Waals surface area contributed by atoms with Crippen LogP contribution < -0.4 is 0 Å². The van der Waals surface area contributed by atoms with Crippen LogP contribution in [-0.2, 0) is 0 Å². The van der Waals surface area contributed by atoms with Crippen LogP contribution in [0.4, 0.5) is 4.39 Å². The third-order valence-electron chi connectivity index (χ3n) is 2.93. The van der Waals surface area contributed by atoms with E-state index in [2.05, 4.69) is 0 Å². The number of benzene rings is 1. The fourth-order valence-corrected chi connectivity index (χ4v) is 2.08. The predicted molar refractivity (Wildman–Crippen MR) is 62.6 cm³/mol. The molecule has 1 heterocycles. The van der Waals surface area contributed by atoms with Crippen molar-refractivity contribution in [1.82, 2.24) is 4.90 Å². The predicted octanol–water partition coefficient (Wildman–Crippen LogP) is 2.08. The normalized spacial score (nSPS) is 17.2. The van der Waals surface area contributed by atoms with Gasteiger partial charge in [0.1, 0.15) is 0 Å². The average Bonchev–Trinajstić information content (AvgIpc) is 2.33. The number of carbonyl (C=O) groups excluding carboxylic acids is 1. The van der Waals surface area contributed by atoms with Crippen molar-refractivity contribution in [2.75, 3.05) is 13.1 Å². The summed E-state index contributed by atoms with van der Waals surface area (Å²) in [5.41, 5.74) is -0.00566. The summed E-state index contributed by atoms with van der Waals surface area (Å²) in [5, 5.41) is 9.30. The standard InChI is InChI=1S/C12H13ClFNO2/c13-10-3-1-2-9(11(10)14)12(17)15-6-4-8(16)5-7-15/h1-3,8,16H,4-7H2. The molecule has 3 nitrogen and oxygen atoms in total. The molecule has 0 saturated carbocycles. The molecule has 17 heavy (non-hydrogen) atoms. The lowest BCUT2D eigenvalue weighted by atomic mass is 10.1. The minimum Gasteiger partial charge on any atom is -0.393 e. The molecule has 0 spiro atoms. The SMILES string of the molecule is O=C(c1cccc(Cl)c1F)N1CCC(O)CC1. The highest BCUT2D eigenvalue weighted by Crippen LogP contribution is 2.21. The second-order valence-electron chi connectivity index (χ2n) is 4.12. The molecule has 1 amide bonds. The molecule has 1 fully saturated rings. The van der Waals surface area contributed by atoms with Crippen LogP contribution in [0.5, 0.6) is 0 Å². The molecule has 1 aromatic rings. The van der Waals surface area contributed by atoms with Gasteiger partial charge in [-0.2, -0.15) is 0 Å². The highest BCUT2D eigenvalue weighted by molar-refractivity contribution is 6.31. The summed E-state index contributed by atoms with van der Waals surface area (Å²) >= 11 is 5.63. The van der Waals surface area contributed by atoms with E-state index in [9.17, 15) is 14.3 Å². The number of rotatable bonds is 1. The largest absolute Gasteiger partial charge is 0.393 e. The number of aliphatic hydroxyl groups is 1. The number of halogens is 2. The number of likely N-dealkylation sites (tertiary alicyclic amines) is 1. The van der Waals surface area contributed by atoms with E-state index in [1.807, 2.05) is 0 Å². The summed E-state index contributed by atoms with van der Waals surface area (Å²) in [6.45, 7) is 0.901. The van der Waals surface area contributed by atoms with Gasteiger partial charge in [0.15, 0.2) is 5.82 Å². The fraction of sp³-hybridized carbons (Fsp3) is 0.417. The molecule has 1 aliphatic rings. The van der Waals surface area contributed by atoms with Gasteiger partial charge in [-0.1, -0.05) is 17.7 Å². The zero-order chi connectivity index (χ0) is 12.4. The smallest absolute Gasteiger partial charge is 0.256 e. The summed E-state index contributed by atoms with van der Waals surface area (Å²) < 4.78 is 13.7. The maximum atomic E-state index is 13.7. The molecule has 0 aliphatic carbocycles. The van der Waals surface area contributed by atoms with Gasteiger partial charge in [-0.15, -0.1) is 0 Å². The van der Waals surface area contributed by atoms with Gasteiger partial charge in [0, 0.05) is 13.1 Å². The molecular weight excluding hydrogens is 245 g/mol. The molecule has 1 saturated heterocycles. The van der Waals surface area contributed by atoms with Crippen LogP contribution in [0, 0.1) is 5.82 Å². The van der Waals surface area contributed by atoms with Crippen molar-refractivity contribution in [3.05, 3.63) is 34.6 Å². The first-order valence-electron chi connectivity index (χ1n) is 5.51. The summed E-state index contributed by atoms with van der Waals surface area (Å²) in [6.07, 6.45) is 0.713. The quantitative estimate of drug-likeness (QED) is 0.837. The van der Waals surface area contributed by atoms with Gasteiger partial charge in [-0.3, -0.25) is 4.79 Å². The molecule has 0 atom stereocenters. The Morgan fingerprint density at radius 3 is 2.71 bits per heavy atom. The highest BCUT2D eigenvalue weighted by atomic mass is 35.5. The Kier molecular flexibility index (Phi) is 3.64. The number of aliphatic hydroxyl groups excluding tert-OH is 1. The van der Waals surface area contributed by atoms with Crippen LogP contribution in [0.3, 0.4) is 0 Å². The summed E-state index contributed by atoms with van der Waals surface area (Å²) in [6, 6.07) is 4.39. The van der Waals surface area contributed by atoms with E-state index < -0.39 is 5.82 Å². The van der Waals surface area contributed by atoms with E-state index in [-0.39, 0.29) is 22.6 Å². The summed E-state index contributed by atoms with van der Waals surface area (Å²) in [4.78, 5) is 13.6. The van der Waals surface area contributed by atoms with Crippen LogP contribution in [0.1, 0.15) is 23.2 Å². The molecule has 92 valence electrons. The van der Waals surface area contributed by atoms with Crippen molar-refractivity contribution in [2.45, 2.75) is 18.9 Å². The Morgan fingerprint density at radius 1 is 1.41 bits per heavy atom. The van der Waals surface area contributed by atoms with Gasteiger partial charge in [-0.05, 0) is 25.0 Å². The lowest BCUT2D eigenvalue weighted by molar-refractivity contribution is 0.0543. The molecule has 0 aromatic heterocycles. The van der Waals surface area contributed by atoms with E-state index in [1.165, 1.54) is 12.1 Å². The van der Waals surface area contributed by atoms with Gasteiger partial charge in [0.2, 0.25) is 0 Å². The minimum atomic E-state index is -0.676. The Morgan fingerprint density at radius 2 is 2.06 bits per heavy atom. The van der Waals surface area contributed by atoms with E-state index in [4.69, 9.17) is 11.6 Å². The van der Waals surface area contributed by atoms with Gasteiger partial charge in [-0.25, -0.2) is 4.39 Å². The Balaban J connectivity index is 2.17. The lowest BCUT2D eigenvalue weighted by Gasteiger charge is -2.29. The molecule has 1 aliphatic heterocycles. The fourth-order valence-electron chi connectivity index (χ4n) is 1.91. The van der Waals surface area contributed by atoms with Crippen LogP contribution in [0.25, 0.3) is 0 Å². The first-order chi connectivity index (χ1) is 8.09. The Labute approximate surface area is 104 Å². The van der Waals surface area contributed by atoms with Gasteiger partial charge < -0.3 is 10.0 Å². The molecular formula is C12H13ClFNO2. The van der Waals surface area contributed by atoms with Crippen LogP contribution in [0.2, 0.25) is 5.02 Å². The number of nitrogens with zero attached hydrogens (tertiary/aromatic N) is 1. The van der Waals surface area contributed by atoms with E-state index in [0.29, 0.717) is 25.9 Å². The zero-order valence-corrected chi connectivity index (χ0v) is 9.95. The Hall–Kier alpha value is -1.13. The Bertz CT molecular complexity index is 431. The number of hydrogen-bond donors (Lipinski definition) is 1. The third-order valence-corrected chi connectivity index (χ3v) is 3.23. The molecule has 0 radical (unpaired) electrons. The lowest BCUT2D eigenvalue weighted by Crippen LogP contribution is -2.40. The highest BCUT2D eigenvalue weighted by Gasteiger charge is 2.24. The van der Waals surface area contributed by atoms with Crippen LogP contribution in [0.15, 0.2) is 18.2 Å².